The minimum Gasteiger partial charge on any atom is -0.428 e. The second kappa shape index (κ2) is 6.55. The zero-order chi connectivity index (χ0) is 16.3. The van der Waals surface area contributed by atoms with Crippen LogP contribution in [-0.4, -0.2) is 52.8 Å². The number of carbonyl (C=O) groups excluding carboxylic acids is 1. The van der Waals surface area contributed by atoms with Crippen LogP contribution in [0.25, 0.3) is 0 Å². The smallest absolute Gasteiger partial charge is 0.428 e. The molecule has 1 saturated heterocycles. The Morgan fingerprint density at radius 2 is 2.00 bits per heavy atom. The Morgan fingerprint density at radius 3 is 2.55 bits per heavy atom. The Hall–Kier alpha value is -1.77. The predicted octanol–water partition coefficient (Wildman–Crippen LogP) is 0.949. The maximum atomic E-state index is 11.5. The zero-order valence-electron chi connectivity index (χ0n) is 13.5. The quantitative estimate of drug-likeness (QED) is 0.638. The molecule has 0 amide bonds. The van der Waals surface area contributed by atoms with E-state index in [2.05, 4.69) is 0 Å². The predicted molar refractivity (Wildman–Crippen MR) is 75.8 cm³/mol. The molecule has 2 rings (SSSR count). The maximum Gasteiger partial charge on any atom is 0.511 e. The molecule has 0 spiro atoms. The highest BCUT2D eigenvalue weighted by atomic mass is 17.0. The lowest BCUT2D eigenvalue weighted by molar-refractivity contribution is -0.142. The molecule has 0 saturated carbocycles. The molecule has 1 aromatic rings. The van der Waals surface area contributed by atoms with Gasteiger partial charge in [-0.15, -0.1) is 0 Å². The van der Waals surface area contributed by atoms with Crippen molar-refractivity contribution in [3.63, 3.8) is 0 Å². The number of piperidine rings is 1. The SMILES string of the molecule is CC(OC(=O)OC(C)(C)C)On1on1N1CCC(CO)CC1. The molecule has 1 aliphatic rings. The van der Waals surface area contributed by atoms with Crippen LogP contribution >= 0.6 is 0 Å². The molecule has 1 atom stereocenters. The first-order chi connectivity index (χ1) is 10.3. The third kappa shape index (κ3) is 4.90. The molecule has 1 N–H and O–H groups in total. The highest BCUT2D eigenvalue weighted by Gasteiger charge is 2.28. The molecule has 9 nitrogen and oxygen atoms in total. The lowest BCUT2D eigenvalue weighted by atomic mass is 9.99. The van der Waals surface area contributed by atoms with E-state index in [-0.39, 0.29) is 6.61 Å². The first kappa shape index (κ1) is 16.6. The summed E-state index contributed by atoms with van der Waals surface area (Å²) in [4.78, 5) is 18.2. The van der Waals surface area contributed by atoms with Crippen molar-refractivity contribution in [3.05, 3.63) is 0 Å². The molecule has 1 unspecified atom stereocenters. The van der Waals surface area contributed by atoms with Crippen LogP contribution in [0, 0.1) is 5.92 Å². The van der Waals surface area contributed by atoms with Gasteiger partial charge in [-0.3, -0.25) is 5.01 Å². The van der Waals surface area contributed by atoms with Gasteiger partial charge < -0.3 is 19.4 Å². The maximum absolute atomic E-state index is 11.5. The standard InChI is InChI=1S/C13H25N3O6/c1-10(19-12(18)20-13(2,3)4)21-16-15(22-16)14-7-5-11(9-17)6-8-14/h10-11,17H,5-9H2,1-4H3. The van der Waals surface area contributed by atoms with Crippen LogP contribution in [0.5, 0.6) is 0 Å². The summed E-state index contributed by atoms with van der Waals surface area (Å²) in [6, 6.07) is 0. The van der Waals surface area contributed by atoms with Crippen LogP contribution in [0.3, 0.4) is 0 Å². The van der Waals surface area contributed by atoms with Gasteiger partial charge in [0.05, 0.1) is 0 Å². The van der Waals surface area contributed by atoms with Crippen LogP contribution in [0.15, 0.2) is 4.63 Å². The average Bonchev–Trinajstić information content (AvgIpc) is 3.15. The Kier molecular flexibility index (Phi) is 4.94. The average molecular weight is 319 g/mol. The fraction of sp³-hybridized carbons (Fsp3) is 0.923. The largest absolute Gasteiger partial charge is 0.511 e. The fourth-order valence-electron chi connectivity index (χ4n) is 2.09. The van der Waals surface area contributed by atoms with E-state index in [1.54, 1.807) is 27.7 Å². The van der Waals surface area contributed by atoms with E-state index < -0.39 is 18.0 Å². The molecular weight excluding hydrogens is 294 g/mol. The van der Waals surface area contributed by atoms with Gasteiger partial charge in [0, 0.05) is 31.6 Å². The number of rotatable bonds is 5. The van der Waals surface area contributed by atoms with Crippen molar-refractivity contribution in [3.8, 4) is 0 Å². The molecule has 0 radical (unpaired) electrons. The molecule has 0 aromatic carbocycles. The number of aliphatic hydroxyl groups is 1. The van der Waals surface area contributed by atoms with E-state index in [9.17, 15) is 4.79 Å². The van der Waals surface area contributed by atoms with Crippen molar-refractivity contribution in [1.82, 2.24) is 9.98 Å². The van der Waals surface area contributed by atoms with Crippen molar-refractivity contribution in [2.24, 2.45) is 5.92 Å². The van der Waals surface area contributed by atoms with E-state index in [4.69, 9.17) is 24.0 Å². The third-order valence-electron chi connectivity index (χ3n) is 3.24. The molecule has 2 heterocycles. The molecule has 1 aromatic heterocycles. The Morgan fingerprint density at radius 1 is 1.36 bits per heavy atom. The van der Waals surface area contributed by atoms with Gasteiger partial charge in [0.15, 0.2) is 0 Å². The number of ether oxygens (including phenoxy) is 2. The van der Waals surface area contributed by atoms with E-state index in [0.29, 0.717) is 5.92 Å². The zero-order valence-corrected chi connectivity index (χ0v) is 13.5. The van der Waals surface area contributed by atoms with Crippen LogP contribution < -0.4 is 9.85 Å². The van der Waals surface area contributed by atoms with Crippen LogP contribution in [0.1, 0.15) is 40.5 Å². The summed E-state index contributed by atoms with van der Waals surface area (Å²) in [5.41, 5.74) is -0.615. The highest BCUT2D eigenvalue weighted by molar-refractivity contribution is 5.60. The van der Waals surface area contributed by atoms with Crippen molar-refractivity contribution in [2.45, 2.75) is 52.4 Å². The lowest BCUT2D eigenvalue weighted by Gasteiger charge is -2.27. The summed E-state index contributed by atoms with van der Waals surface area (Å²) < 4.78 is 15.1. The first-order valence-corrected chi connectivity index (χ1v) is 7.49. The van der Waals surface area contributed by atoms with Gasteiger partial charge in [0.25, 0.3) is 6.29 Å². The molecule has 0 aliphatic carbocycles. The minimum absolute atomic E-state index is 0.218. The summed E-state index contributed by atoms with van der Waals surface area (Å²) in [6.07, 6.45) is 0.162. The number of hydrogen-bond donors (Lipinski definition) is 1. The third-order valence-corrected chi connectivity index (χ3v) is 3.24. The molecule has 22 heavy (non-hydrogen) atoms. The second-order valence-corrected chi connectivity index (χ2v) is 6.41. The number of aromatic nitrogens is 2. The molecular formula is C13H25N3O6. The molecule has 1 fully saturated rings. The van der Waals surface area contributed by atoms with Crippen molar-refractivity contribution in [1.29, 1.82) is 0 Å². The number of aliphatic hydroxyl groups excluding tert-OH is 1. The molecule has 0 bridgehead atoms. The minimum atomic E-state index is -0.838. The van der Waals surface area contributed by atoms with Gasteiger partial charge >= 0.3 is 6.16 Å². The topological polar surface area (TPSA) is 91.2 Å². The fourth-order valence-corrected chi connectivity index (χ4v) is 2.09. The van der Waals surface area contributed by atoms with Gasteiger partial charge in [-0.2, -0.15) is 4.63 Å². The van der Waals surface area contributed by atoms with E-state index >= 15 is 0 Å². The van der Waals surface area contributed by atoms with Crippen molar-refractivity contribution < 1.29 is 28.8 Å². The molecule has 9 heteroatoms. The summed E-state index contributed by atoms with van der Waals surface area (Å²) >= 11 is 0. The lowest BCUT2D eigenvalue weighted by Crippen LogP contribution is -2.41. The van der Waals surface area contributed by atoms with Crippen molar-refractivity contribution in [2.75, 3.05) is 24.7 Å². The highest BCUT2D eigenvalue weighted by Crippen LogP contribution is 2.17. The van der Waals surface area contributed by atoms with Gasteiger partial charge in [-0.25, -0.2) is 4.79 Å². The summed E-state index contributed by atoms with van der Waals surface area (Å²) in [6.45, 7) is 8.59. The summed E-state index contributed by atoms with van der Waals surface area (Å²) in [5.74, 6) is 0.347. The Labute approximate surface area is 129 Å². The second-order valence-electron chi connectivity index (χ2n) is 6.41. The monoisotopic (exact) mass is 319 g/mol. The van der Waals surface area contributed by atoms with Crippen LogP contribution in [0.4, 0.5) is 4.79 Å². The van der Waals surface area contributed by atoms with E-state index in [0.717, 1.165) is 30.9 Å². The summed E-state index contributed by atoms with van der Waals surface area (Å²) in [5, 5.41) is 12.2. The van der Waals surface area contributed by atoms with Gasteiger partial charge in [-0.1, -0.05) is 0 Å². The summed E-state index contributed by atoms with van der Waals surface area (Å²) in [7, 11) is 0. The Bertz CT molecular complexity index is 463. The molecule has 1 aliphatic heterocycles. The van der Waals surface area contributed by atoms with Crippen LogP contribution in [-0.2, 0) is 9.47 Å². The first-order valence-electron chi connectivity index (χ1n) is 7.49. The molecule has 128 valence electrons. The number of carbonyl (C=O) groups is 1. The number of hydrogen-bond acceptors (Lipinski definition) is 7. The van der Waals surface area contributed by atoms with Crippen LogP contribution in [0.2, 0.25) is 0 Å². The Balaban J connectivity index is 1.72. The number of nitrogens with zero attached hydrogens (tertiary/aromatic N) is 3. The van der Waals surface area contributed by atoms with Crippen molar-refractivity contribution >= 4 is 6.16 Å². The normalized spacial score (nSPS) is 18.3. The van der Waals surface area contributed by atoms with Gasteiger partial charge in [0.1, 0.15) is 10.6 Å². The van der Waals surface area contributed by atoms with E-state index in [1.165, 1.54) is 4.96 Å². The van der Waals surface area contributed by atoms with Gasteiger partial charge in [-0.05, 0) is 39.5 Å². The van der Waals surface area contributed by atoms with E-state index in [1.807, 2.05) is 5.01 Å². The van der Waals surface area contributed by atoms with Gasteiger partial charge in [0.2, 0.25) is 0 Å².